The SMILES string of the molecule is CCCCCCCCOC(=O)c1ccc(N2C(=O)c3ccc(C(=O)OC)cc3C2=O)cc1. The molecule has 0 aromatic heterocycles. The average Bonchev–Trinajstić information content (AvgIpc) is 3.07. The number of unbranched alkanes of at least 4 members (excludes halogenated alkanes) is 5. The van der Waals surface area contributed by atoms with Gasteiger partial charge in [-0.1, -0.05) is 39.0 Å². The van der Waals surface area contributed by atoms with Crippen LogP contribution in [0.15, 0.2) is 42.5 Å². The van der Waals surface area contributed by atoms with E-state index in [1.807, 2.05) is 0 Å². The van der Waals surface area contributed by atoms with Crippen LogP contribution in [0.2, 0.25) is 0 Å². The van der Waals surface area contributed by atoms with Crippen molar-refractivity contribution in [2.75, 3.05) is 18.6 Å². The summed E-state index contributed by atoms with van der Waals surface area (Å²) in [5.74, 6) is -2.04. The van der Waals surface area contributed by atoms with E-state index >= 15 is 0 Å². The number of hydrogen-bond donors (Lipinski definition) is 0. The Bertz CT molecular complexity index is 1010. The monoisotopic (exact) mass is 437 g/mol. The summed E-state index contributed by atoms with van der Waals surface area (Å²) in [5, 5.41) is 0. The summed E-state index contributed by atoms with van der Waals surface area (Å²) in [7, 11) is 1.25. The molecule has 0 saturated carbocycles. The van der Waals surface area contributed by atoms with Gasteiger partial charge >= 0.3 is 11.9 Å². The summed E-state index contributed by atoms with van der Waals surface area (Å²) in [6.07, 6.45) is 6.63. The van der Waals surface area contributed by atoms with Crippen LogP contribution >= 0.6 is 0 Å². The van der Waals surface area contributed by atoms with E-state index in [1.54, 1.807) is 0 Å². The van der Waals surface area contributed by atoms with Crippen molar-refractivity contribution in [2.24, 2.45) is 0 Å². The van der Waals surface area contributed by atoms with E-state index in [9.17, 15) is 19.2 Å². The quantitative estimate of drug-likeness (QED) is 0.302. The second kappa shape index (κ2) is 10.7. The van der Waals surface area contributed by atoms with E-state index in [4.69, 9.17) is 4.74 Å². The number of carbonyl (C=O) groups is 4. The molecule has 7 heteroatoms. The van der Waals surface area contributed by atoms with Crippen molar-refractivity contribution in [1.29, 1.82) is 0 Å². The number of benzene rings is 2. The summed E-state index contributed by atoms with van der Waals surface area (Å²) < 4.78 is 9.98. The highest BCUT2D eigenvalue weighted by molar-refractivity contribution is 6.34. The number of anilines is 1. The summed E-state index contributed by atoms with van der Waals surface area (Å²) in [6, 6.07) is 10.4. The van der Waals surface area contributed by atoms with Gasteiger partial charge in [0.15, 0.2) is 0 Å². The molecule has 0 radical (unpaired) electrons. The molecule has 3 rings (SSSR count). The summed E-state index contributed by atoms with van der Waals surface area (Å²) in [5.41, 5.74) is 1.23. The van der Waals surface area contributed by atoms with Gasteiger partial charge < -0.3 is 9.47 Å². The van der Waals surface area contributed by atoms with E-state index in [-0.39, 0.29) is 16.7 Å². The van der Waals surface area contributed by atoms with Crippen molar-refractivity contribution in [1.82, 2.24) is 0 Å². The van der Waals surface area contributed by atoms with E-state index < -0.39 is 23.8 Å². The van der Waals surface area contributed by atoms with Crippen molar-refractivity contribution < 1.29 is 28.7 Å². The zero-order valence-corrected chi connectivity index (χ0v) is 18.4. The Labute approximate surface area is 187 Å². The minimum absolute atomic E-state index is 0.139. The number of methoxy groups -OCH3 is 1. The number of fused-ring (bicyclic) bond motifs is 1. The third-order valence-corrected chi connectivity index (χ3v) is 5.40. The highest BCUT2D eigenvalue weighted by Gasteiger charge is 2.37. The maximum absolute atomic E-state index is 12.8. The molecule has 0 spiro atoms. The highest BCUT2D eigenvalue weighted by Crippen LogP contribution is 2.29. The third kappa shape index (κ3) is 5.04. The van der Waals surface area contributed by atoms with Crippen molar-refractivity contribution in [3.05, 3.63) is 64.7 Å². The molecule has 0 aliphatic carbocycles. The Morgan fingerprint density at radius 1 is 0.781 bits per heavy atom. The molecule has 1 aliphatic rings. The molecule has 2 aromatic carbocycles. The lowest BCUT2D eigenvalue weighted by molar-refractivity contribution is 0.0496. The van der Waals surface area contributed by atoms with Gasteiger partial charge in [-0.15, -0.1) is 0 Å². The molecule has 2 amide bonds. The number of carbonyl (C=O) groups excluding carboxylic acids is 4. The standard InChI is InChI=1S/C25H27NO6/c1-3-4-5-6-7-8-15-32-25(30)17-9-12-19(13-10-17)26-22(27)20-14-11-18(24(29)31-2)16-21(20)23(26)28/h9-14,16H,3-8,15H2,1-2H3. The second-order valence-corrected chi connectivity index (χ2v) is 7.65. The fraction of sp³-hybridized carbons (Fsp3) is 0.360. The van der Waals surface area contributed by atoms with Gasteiger partial charge in [0, 0.05) is 0 Å². The number of imide groups is 1. The molecule has 0 atom stereocenters. The van der Waals surface area contributed by atoms with Gasteiger partial charge in [-0.2, -0.15) is 0 Å². The number of amides is 2. The maximum Gasteiger partial charge on any atom is 0.338 e. The zero-order chi connectivity index (χ0) is 23.1. The zero-order valence-electron chi connectivity index (χ0n) is 18.4. The number of esters is 2. The summed E-state index contributed by atoms with van der Waals surface area (Å²) >= 11 is 0. The van der Waals surface area contributed by atoms with Gasteiger partial charge in [-0.05, 0) is 48.9 Å². The Morgan fingerprint density at radius 3 is 2.09 bits per heavy atom. The van der Waals surface area contributed by atoms with Crippen LogP contribution in [0.1, 0.15) is 86.9 Å². The summed E-state index contributed by atoms with van der Waals surface area (Å²) in [6.45, 7) is 2.54. The first-order chi connectivity index (χ1) is 15.5. The topological polar surface area (TPSA) is 90.0 Å². The molecule has 7 nitrogen and oxygen atoms in total. The fourth-order valence-electron chi connectivity index (χ4n) is 3.60. The Kier molecular flexibility index (Phi) is 7.76. The number of nitrogens with zero attached hydrogens (tertiary/aromatic N) is 1. The van der Waals surface area contributed by atoms with Gasteiger partial charge in [0.25, 0.3) is 11.8 Å². The predicted octanol–water partition coefficient (Wildman–Crippen LogP) is 4.79. The number of rotatable bonds is 10. The minimum atomic E-state index is -0.588. The Morgan fingerprint density at radius 2 is 1.41 bits per heavy atom. The molecular weight excluding hydrogens is 410 g/mol. The van der Waals surface area contributed by atoms with Crippen molar-refractivity contribution in [3.63, 3.8) is 0 Å². The maximum atomic E-state index is 12.8. The van der Waals surface area contributed by atoms with Crippen molar-refractivity contribution >= 4 is 29.4 Å². The molecule has 2 aromatic rings. The molecule has 0 bridgehead atoms. The van der Waals surface area contributed by atoms with Gasteiger partial charge in [-0.3, -0.25) is 9.59 Å². The third-order valence-electron chi connectivity index (χ3n) is 5.40. The molecule has 0 fully saturated rings. The Hall–Kier alpha value is -3.48. The van der Waals surface area contributed by atoms with Crippen LogP contribution in [0, 0.1) is 0 Å². The van der Waals surface area contributed by atoms with Gasteiger partial charge in [0.05, 0.1) is 41.7 Å². The second-order valence-electron chi connectivity index (χ2n) is 7.65. The minimum Gasteiger partial charge on any atom is -0.465 e. The van der Waals surface area contributed by atoms with Gasteiger partial charge in [0.2, 0.25) is 0 Å². The van der Waals surface area contributed by atoms with Crippen LogP contribution in [0.25, 0.3) is 0 Å². The first-order valence-electron chi connectivity index (χ1n) is 10.9. The largest absolute Gasteiger partial charge is 0.465 e. The first kappa shape index (κ1) is 23.2. The molecular formula is C25H27NO6. The van der Waals surface area contributed by atoms with Crippen LogP contribution < -0.4 is 4.90 Å². The van der Waals surface area contributed by atoms with Gasteiger partial charge in [0.1, 0.15) is 0 Å². The lowest BCUT2D eigenvalue weighted by Gasteiger charge is -2.14. The number of ether oxygens (including phenoxy) is 2. The lowest BCUT2D eigenvalue weighted by Crippen LogP contribution is -2.29. The molecule has 1 heterocycles. The van der Waals surface area contributed by atoms with E-state index in [1.165, 1.54) is 68.8 Å². The molecule has 0 unspecified atom stereocenters. The van der Waals surface area contributed by atoms with E-state index in [2.05, 4.69) is 11.7 Å². The van der Waals surface area contributed by atoms with E-state index in [0.29, 0.717) is 17.9 Å². The van der Waals surface area contributed by atoms with Gasteiger partial charge in [-0.25, -0.2) is 14.5 Å². The lowest BCUT2D eigenvalue weighted by atomic mass is 10.1. The van der Waals surface area contributed by atoms with Crippen LogP contribution in [-0.4, -0.2) is 37.5 Å². The molecule has 0 saturated heterocycles. The molecule has 0 N–H and O–H groups in total. The smallest absolute Gasteiger partial charge is 0.338 e. The number of hydrogen-bond acceptors (Lipinski definition) is 6. The normalized spacial score (nSPS) is 12.6. The molecule has 1 aliphatic heterocycles. The van der Waals surface area contributed by atoms with Crippen LogP contribution in [-0.2, 0) is 9.47 Å². The highest BCUT2D eigenvalue weighted by atomic mass is 16.5. The van der Waals surface area contributed by atoms with Crippen LogP contribution in [0.3, 0.4) is 0 Å². The van der Waals surface area contributed by atoms with E-state index in [0.717, 1.165) is 24.2 Å². The first-order valence-corrected chi connectivity index (χ1v) is 10.9. The average molecular weight is 437 g/mol. The van der Waals surface area contributed by atoms with Crippen LogP contribution in [0.4, 0.5) is 5.69 Å². The Balaban J connectivity index is 1.62. The predicted molar refractivity (Wildman–Crippen MR) is 119 cm³/mol. The summed E-state index contributed by atoms with van der Waals surface area (Å²) in [4.78, 5) is 50.6. The van der Waals surface area contributed by atoms with Crippen molar-refractivity contribution in [2.45, 2.75) is 45.4 Å². The fourth-order valence-corrected chi connectivity index (χ4v) is 3.60. The van der Waals surface area contributed by atoms with Crippen LogP contribution in [0.5, 0.6) is 0 Å². The molecule has 32 heavy (non-hydrogen) atoms. The molecule has 168 valence electrons. The van der Waals surface area contributed by atoms with Crippen molar-refractivity contribution in [3.8, 4) is 0 Å².